The fourth-order valence-electron chi connectivity index (χ4n) is 5.49. The van der Waals surface area contributed by atoms with E-state index in [9.17, 15) is 9.59 Å². The summed E-state index contributed by atoms with van der Waals surface area (Å²) in [7, 11) is 0. The van der Waals surface area contributed by atoms with E-state index in [2.05, 4.69) is 6.08 Å². The van der Waals surface area contributed by atoms with Gasteiger partial charge in [-0.25, -0.2) is 0 Å². The maximum Gasteiger partial charge on any atom is 0.302 e. The minimum Gasteiger partial charge on any atom is -0.462 e. The summed E-state index contributed by atoms with van der Waals surface area (Å²) in [6.45, 7) is 1.52. The molecule has 0 bridgehead atoms. The van der Waals surface area contributed by atoms with Crippen LogP contribution in [0.25, 0.3) is 0 Å². The van der Waals surface area contributed by atoms with E-state index in [4.69, 9.17) is 4.74 Å². The lowest BCUT2D eigenvalue weighted by atomic mass is 9.63. The molecule has 0 spiro atoms. The van der Waals surface area contributed by atoms with Crippen molar-refractivity contribution < 1.29 is 14.3 Å². The van der Waals surface area contributed by atoms with Crippen molar-refractivity contribution in [1.29, 1.82) is 0 Å². The van der Waals surface area contributed by atoms with E-state index >= 15 is 0 Å². The summed E-state index contributed by atoms with van der Waals surface area (Å²) in [6, 6.07) is 0. The smallest absolute Gasteiger partial charge is 0.302 e. The van der Waals surface area contributed by atoms with Gasteiger partial charge in [0.05, 0.1) is 0 Å². The van der Waals surface area contributed by atoms with Gasteiger partial charge in [0.2, 0.25) is 0 Å². The lowest BCUT2D eigenvalue weighted by molar-refractivity contribution is -0.148. The summed E-state index contributed by atoms with van der Waals surface area (Å²) in [5, 5.41) is 0. The molecule has 4 unspecified atom stereocenters. The predicted molar refractivity (Wildman–Crippen MR) is 83.1 cm³/mol. The van der Waals surface area contributed by atoms with Gasteiger partial charge in [-0.1, -0.05) is 11.6 Å². The molecule has 4 rings (SSSR count). The van der Waals surface area contributed by atoms with E-state index in [1.54, 1.807) is 0 Å². The lowest BCUT2D eigenvalue weighted by Crippen LogP contribution is -2.36. The topological polar surface area (TPSA) is 43.4 Å². The standard InChI is InChI=1S/C19H24O3/c1-11(20)22-18-10-9-13-14-6-5-12-3-2-4-17(21)19(12)16(14)8-7-15(13)18/h3,13-15,18H,2,4-10H2,1H3. The van der Waals surface area contributed by atoms with Gasteiger partial charge < -0.3 is 4.74 Å². The zero-order chi connectivity index (χ0) is 15.3. The second-order valence-electron chi connectivity index (χ2n) is 7.33. The second-order valence-corrected chi connectivity index (χ2v) is 7.33. The Balaban J connectivity index is 1.64. The van der Waals surface area contributed by atoms with Gasteiger partial charge >= 0.3 is 5.97 Å². The quantitative estimate of drug-likeness (QED) is 0.693. The molecular weight excluding hydrogens is 276 g/mol. The molecule has 0 amide bonds. The molecule has 22 heavy (non-hydrogen) atoms. The number of fused-ring (bicyclic) bond motifs is 4. The number of rotatable bonds is 1. The first-order valence-electron chi connectivity index (χ1n) is 8.78. The van der Waals surface area contributed by atoms with Crippen LogP contribution in [0.15, 0.2) is 22.8 Å². The van der Waals surface area contributed by atoms with Crippen molar-refractivity contribution in [2.45, 2.75) is 64.4 Å². The van der Waals surface area contributed by atoms with Crippen LogP contribution in [-0.4, -0.2) is 17.9 Å². The van der Waals surface area contributed by atoms with E-state index in [1.165, 1.54) is 24.5 Å². The molecule has 0 aromatic heterocycles. The molecule has 3 heteroatoms. The highest BCUT2D eigenvalue weighted by atomic mass is 16.5. The molecule has 0 radical (unpaired) electrons. The maximum atomic E-state index is 12.4. The fourth-order valence-corrected chi connectivity index (χ4v) is 5.49. The number of hydrogen-bond donors (Lipinski definition) is 0. The summed E-state index contributed by atoms with van der Waals surface area (Å²) in [4.78, 5) is 23.7. The first-order valence-corrected chi connectivity index (χ1v) is 8.78. The third kappa shape index (κ3) is 2.17. The molecule has 0 heterocycles. The van der Waals surface area contributed by atoms with E-state index in [-0.39, 0.29) is 12.1 Å². The van der Waals surface area contributed by atoms with Crippen LogP contribution in [0.5, 0.6) is 0 Å². The minimum atomic E-state index is -0.147. The normalized spacial score (nSPS) is 37.1. The molecule has 0 aliphatic heterocycles. The van der Waals surface area contributed by atoms with E-state index in [1.807, 2.05) is 0 Å². The van der Waals surface area contributed by atoms with Crippen molar-refractivity contribution in [3.05, 3.63) is 22.8 Å². The zero-order valence-electron chi connectivity index (χ0n) is 13.3. The van der Waals surface area contributed by atoms with Crippen LogP contribution in [0.1, 0.15) is 58.3 Å². The molecular formula is C19H24O3. The molecule has 4 aliphatic rings. The molecule has 4 aliphatic carbocycles. The van der Waals surface area contributed by atoms with E-state index in [0.717, 1.165) is 44.1 Å². The number of Topliss-reactive ketones (excluding diaryl/α,β-unsaturated/α-hetero) is 1. The van der Waals surface area contributed by atoms with Crippen molar-refractivity contribution in [2.75, 3.05) is 0 Å². The Morgan fingerprint density at radius 1 is 1.09 bits per heavy atom. The highest BCUT2D eigenvalue weighted by Gasteiger charge is 2.47. The van der Waals surface area contributed by atoms with Crippen molar-refractivity contribution in [2.24, 2.45) is 17.8 Å². The van der Waals surface area contributed by atoms with Crippen LogP contribution in [0, 0.1) is 17.8 Å². The third-order valence-corrected chi connectivity index (χ3v) is 6.25. The van der Waals surface area contributed by atoms with Crippen LogP contribution in [0.3, 0.4) is 0 Å². The molecule has 3 nitrogen and oxygen atoms in total. The van der Waals surface area contributed by atoms with Gasteiger partial charge in [-0.3, -0.25) is 9.59 Å². The number of allylic oxidation sites excluding steroid dienone is 4. The Hall–Kier alpha value is -1.38. The average molecular weight is 300 g/mol. The molecule has 0 aromatic rings. The molecule has 0 saturated heterocycles. The molecule has 2 saturated carbocycles. The van der Waals surface area contributed by atoms with Crippen LogP contribution >= 0.6 is 0 Å². The average Bonchev–Trinajstić information content (AvgIpc) is 2.89. The second kappa shape index (κ2) is 5.36. The van der Waals surface area contributed by atoms with E-state index in [0.29, 0.717) is 30.0 Å². The number of carbonyl (C=O) groups is 2. The zero-order valence-corrected chi connectivity index (χ0v) is 13.3. The fraction of sp³-hybridized carbons (Fsp3) is 0.684. The van der Waals surface area contributed by atoms with Gasteiger partial charge in [-0.2, -0.15) is 0 Å². The Bertz CT molecular complexity index is 583. The number of carbonyl (C=O) groups excluding carboxylic acids is 2. The summed E-state index contributed by atoms with van der Waals surface area (Å²) >= 11 is 0. The first kappa shape index (κ1) is 14.2. The molecule has 2 fully saturated rings. The number of hydrogen-bond acceptors (Lipinski definition) is 3. The monoisotopic (exact) mass is 300 g/mol. The SMILES string of the molecule is CC(=O)OC1CCC2C3CCC4=CCCC(=O)C4=C3CCC12. The number of esters is 1. The highest BCUT2D eigenvalue weighted by molar-refractivity contribution is 6.01. The number of ketones is 1. The first-order chi connectivity index (χ1) is 10.6. The number of ether oxygens (including phenoxy) is 1. The molecule has 4 atom stereocenters. The van der Waals surface area contributed by atoms with Gasteiger partial charge in [-0.15, -0.1) is 0 Å². The molecule has 0 aromatic carbocycles. The predicted octanol–water partition coefficient (Wildman–Crippen LogP) is 3.73. The highest BCUT2D eigenvalue weighted by Crippen LogP contribution is 2.54. The van der Waals surface area contributed by atoms with Crippen molar-refractivity contribution in [1.82, 2.24) is 0 Å². The summed E-state index contributed by atoms with van der Waals surface area (Å²) in [5.74, 6) is 1.93. The van der Waals surface area contributed by atoms with Crippen LogP contribution in [-0.2, 0) is 14.3 Å². The summed E-state index contributed by atoms with van der Waals surface area (Å²) in [6.07, 6.45) is 10.6. The Labute approximate surface area is 131 Å². The summed E-state index contributed by atoms with van der Waals surface area (Å²) in [5.41, 5.74) is 3.89. The van der Waals surface area contributed by atoms with Crippen LogP contribution in [0.4, 0.5) is 0 Å². The van der Waals surface area contributed by atoms with E-state index < -0.39 is 0 Å². The van der Waals surface area contributed by atoms with Gasteiger partial charge in [0.1, 0.15) is 6.10 Å². The summed E-state index contributed by atoms with van der Waals surface area (Å²) < 4.78 is 5.55. The molecule has 0 N–H and O–H groups in total. The molecule has 118 valence electrons. The van der Waals surface area contributed by atoms with Crippen LogP contribution in [0.2, 0.25) is 0 Å². The van der Waals surface area contributed by atoms with Crippen molar-refractivity contribution in [3.63, 3.8) is 0 Å². The van der Waals surface area contributed by atoms with Gasteiger partial charge in [0.15, 0.2) is 5.78 Å². The lowest BCUT2D eigenvalue weighted by Gasteiger charge is -2.42. The van der Waals surface area contributed by atoms with Gasteiger partial charge in [-0.05, 0) is 68.3 Å². The minimum absolute atomic E-state index is 0.119. The largest absolute Gasteiger partial charge is 0.462 e. The van der Waals surface area contributed by atoms with Crippen molar-refractivity contribution >= 4 is 11.8 Å². The van der Waals surface area contributed by atoms with Crippen molar-refractivity contribution in [3.8, 4) is 0 Å². The van der Waals surface area contributed by atoms with Crippen LogP contribution < -0.4 is 0 Å². The maximum absolute atomic E-state index is 12.4. The Morgan fingerprint density at radius 2 is 1.95 bits per heavy atom. The Morgan fingerprint density at radius 3 is 2.77 bits per heavy atom. The Kier molecular flexibility index (Phi) is 3.47. The van der Waals surface area contributed by atoms with Gasteiger partial charge in [0, 0.05) is 18.9 Å². The van der Waals surface area contributed by atoms with Gasteiger partial charge in [0.25, 0.3) is 0 Å². The third-order valence-electron chi connectivity index (χ3n) is 6.25.